The third-order valence-electron chi connectivity index (χ3n) is 6.83. The fraction of sp³-hybridized carbons (Fsp3) is 0.118. The summed E-state index contributed by atoms with van der Waals surface area (Å²) in [5.74, 6) is 0.823. The highest BCUT2D eigenvalue weighted by Crippen LogP contribution is 2.37. The molecule has 0 bridgehead atoms. The molecule has 0 aliphatic carbocycles. The van der Waals surface area contributed by atoms with Crippen LogP contribution in [0.2, 0.25) is 0 Å². The van der Waals surface area contributed by atoms with Crippen LogP contribution in [0.25, 0.3) is 33.5 Å². The number of carbonyl (C=O) groups is 1. The number of anilines is 1. The summed E-state index contributed by atoms with van der Waals surface area (Å²) in [6.07, 6.45) is 1.48. The molecule has 0 saturated carbocycles. The van der Waals surface area contributed by atoms with E-state index in [0.717, 1.165) is 5.39 Å². The highest BCUT2D eigenvalue weighted by Gasteiger charge is 2.19. The topological polar surface area (TPSA) is 117 Å². The van der Waals surface area contributed by atoms with Crippen LogP contribution < -0.4 is 25.1 Å². The summed E-state index contributed by atoms with van der Waals surface area (Å²) >= 11 is 3.50. The van der Waals surface area contributed by atoms with Gasteiger partial charge in [0.25, 0.3) is 11.5 Å². The van der Waals surface area contributed by atoms with Gasteiger partial charge in [-0.2, -0.15) is 9.78 Å². The normalized spacial score (nSPS) is 11.3. The van der Waals surface area contributed by atoms with Crippen molar-refractivity contribution in [2.24, 2.45) is 5.10 Å². The van der Waals surface area contributed by atoms with E-state index in [1.165, 1.54) is 29.1 Å². The Hall–Kier alpha value is -5.49. The molecule has 0 aliphatic heterocycles. The molecule has 10 nitrogen and oxygen atoms in total. The van der Waals surface area contributed by atoms with E-state index in [2.05, 4.69) is 26.3 Å². The summed E-state index contributed by atoms with van der Waals surface area (Å²) in [5.41, 5.74) is 1.54. The molecule has 46 heavy (non-hydrogen) atoms. The van der Waals surface area contributed by atoms with Gasteiger partial charge in [0.2, 0.25) is 5.82 Å². The predicted molar refractivity (Wildman–Crippen MR) is 177 cm³/mol. The number of halogens is 2. The van der Waals surface area contributed by atoms with Gasteiger partial charge in [-0.05, 0) is 89.1 Å². The molecule has 12 heteroatoms. The van der Waals surface area contributed by atoms with Crippen LogP contribution >= 0.6 is 15.9 Å². The third kappa shape index (κ3) is 6.33. The van der Waals surface area contributed by atoms with E-state index in [4.69, 9.17) is 23.6 Å². The van der Waals surface area contributed by atoms with E-state index in [0.29, 0.717) is 56.1 Å². The van der Waals surface area contributed by atoms with Gasteiger partial charge in [-0.15, -0.1) is 0 Å². The monoisotopic (exact) mass is 684 g/mol. The molecule has 1 N–H and O–H groups in total. The fourth-order valence-electron chi connectivity index (χ4n) is 4.80. The summed E-state index contributed by atoms with van der Waals surface area (Å²) in [5, 5.41) is 8.23. The van der Waals surface area contributed by atoms with Crippen molar-refractivity contribution in [2.45, 2.75) is 6.92 Å². The molecule has 4 aromatic carbocycles. The standard InChI is InChI=1S/C34H26BrFN4O6/c1-3-44-29-15-20(14-25(35)32(29)45-19-31(41)38-22-9-6-8-21(36)16-22)18-37-40-33(39-26-11-5-4-10-23(26)34(40)42)30-17-24-27(43-2)12-7-13-28(24)46-30/h4-18H,3,19H2,1-2H3,(H,38,41). The Morgan fingerprint density at radius 2 is 1.85 bits per heavy atom. The number of hydrogen-bond acceptors (Lipinski definition) is 8. The summed E-state index contributed by atoms with van der Waals surface area (Å²) in [6.45, 7) is 1.77. The number of benzene rings is 4. The van der Waals surface area contributed by atoms with Crippen molar-refractivity contribution in [3.8, 4) is 28.8 Å². The van der Waals surface area contributed by atoms with Crippen LogP contribution in [-0.2, 0) is 4.79 Å². The minimum absolute atomic E-state index is 0.201. The summed E-state index contributed by atoms with van der Waals surface area (Å²) in [4.78, 5) is 30.9. The zero-order valence-corrected chi connectivity index (χ0v) is 26.2. The van der Waals surface area contributed by atoms with E-state index >= 15 is 0 Å². The summed E-state index contributed by atoms with van der Waals surface area (Å²) in [6, 6.07) is 23.1. The largest absolute Gasteiger partial charge is 0.496 e. The third-order valence-corrected chi connectivity index (χ3v) is 7.41. The van der Waals surface area contributed by atoms with Gasteiger partial charge in [0.1, 0.15) is 17.1 Å². The van der Waals surface area contributed by atoms with E-state index < -0.39 is 17.3 Å². The number of carbonyl (C=O) groups excluding carboxylic acids is 1. The number of fused-ring (bicyclic) bond motifs is 2. The minimum atomic E-state index is -0.482. The van der Waals surface area contributed by atoms with Gasteiger partial charge in [-0.3, -0.25) is 9.59 Å². The van der Waals surface area contributed by atoms with E-state index in [9.17, 15) is 14.0 Å². The Kier molecular flexibility index (Phi) is 8.79. The second-order valence-corrected chi connectivity index (χ2v) is 10.8. The van der Waals surface area contributed by atoms with Gasteiger partial charge in [0.15, 0.2) is 23.9 Å². The quantitative estimate of drug-likeness (QED) is 0.154. The van der Waals surface area contributed by atoms with Crippen molar-refractivity contribution in [3.63, 3.8) is 0 Å². The maximum Gasteiger partial charge on any atom is 0.282 e. The van der Waals surface area contributed by atoms with Gasteiger partial charge in [0.05, 0.1) is 40.7 Å². The van der Waals surface area contributed by atoms with Crippen molar-refractivity contribution >= 4 is 55.6 Å². The molecule has 0 atom stereocenters. The molecular formula is C34H26BrFN4O6. The van der Waals surface area contributed by atoms with E-state index in [-0.39, 0.29) is 18.2 Å². The first-order chi connectivity index (χ1) is 22.3. The first-order valence-corrected chi connectivity index (χ1v) is 14.9. The van der Waals surface area contributed by atoms with Crippen LogP contribution in [0.15, 0.2) is 104 Å². The van der Waals surface area contributed by atoms with E-state index in [1.807, 2.05) is 19.1 Å². The molecule has 0 aliphatic rings. The Morgan fingerprint density at radius 1 is 1.02 bits per heavy atom. The number of ether oxygens (including phenoxy) is 3. The van der Waals surface area contributed by atoms with Crippen molar-refractivity contribution in [1.29, 1.82) is 0 Å². The average Bonchev–Trinajstić information content (AvgIpc) is 3.49. The van der Waals surface area contributed by atoms with Gasteiger partial charge < -0.3 is 23.9 Å². The second-order valence-electron chi connectivity index (χ2n) is 9.91. The van der Waals surface area contributed by atoms with Crippen LogP contribution in [0.3, 0.4) is 0 Å². The maximum atomic E-state index is 13.7. The summed E-state index contributed by atoms with van der Waals surface area (Å²) in [7, 11) is 1.57. The zero-order chi connectivity index (χ0) is 32.2. The first-order valence-electron chi connectivity index (χ1n) is 14.1. The smallest absolute Gasteiger partial charge is 0.282 e. The number of aromatic nitrogens is 2. The highest BCUT2D eigenvalue weighted by atomic mass is 79.9. The number of para-hydroxylation sites is 1. The Labute approximate surface area is 270 Å². The lowest BCUT2D eigenvalue weighted by Gasteiger charge is -2.14. The number of nitrogens with one attached hydrogen (secondary N) is 1. The molecule has 0 saturated heterocycles. The van der Waals surface area contributed by atoms with Gasteiger partial charge in [0, 0.05) is 5.69 Å². The number of furan rings is 1. The van der Waals surface area contributed by atoms with Crippen LogP contribution in [0.4, 0.5) is 10.1 Å². The Balaban J connectivity index is 1.34. The fourth-order valence-corrected chi connectivity index (χ4v) is 5.38. The lowest BCUT2D eigenvalue weighted by molar-refractivity contribution is -0.118. The van der Waals surface area contributed by atoms with Crippen LogP contribution in [0.1, 0.15) is 12.5 Å². The molecule has 2 heterocycles. The lowest BCUT2D eigenvalue weighted by atomic mass is 10.2. The first kappa shape index (κ1) is 30.5. The molecule has 232 valence electrons. The number of rotatable bonds is 10. The molecule has 2 aromatic heterocycles. The molecular weight excluding hydrogens is 659 g/mol. The molecule has 0 radical (unpaired) electrons. The number of amides is 1. The van der Waals surface area contributed by atoms with Gasteiger partial charge in [-0.1, -0.05) is 24.3 Å². The maximum absolute atomic E-state index is 13.7. The minimum Gasteiger partial charge on any atom is -0.496 e. The van der Waals surface area contributed by atoms with Crippen molar-refractivity contribution in [1.82, 2.24) is 9.66 Å². The Morgan fingerprint density at radius 3 is 2.65 bits per heavy atom. The predicted octanol–water partition coefficient (Wildman–Crippen LogP) is 7.02. The lowest BCUT2D eigenvalue weighted by Crippen LogP contribution is -2.20. The van der Waals surface area contributed by atoms with Crippen molar-refractivity contribution < 1.29 is 27.8 Å². The number of hydrogen-bond donors (Lipinski definition) is 1. The van der Waals surface area contributed by atoms with Gasteiger partial charge in [-0.25, -0.2) is 9.37 Å². The zero-order valence-electron chi connectivity index (χ0n) is 24.6. The van der Waals surface area contributed by atoms with Crippen molar-refractivity contribution in [2.75, 3.05) is 25.6 Å². The average molecular weight is 686 g/mol. The van der Waals surface area contributed by atoms with Crippen LogP contribution in [0.5, 0.6) is 17.2 Å². The number of nitrogens with zero attached hydrogens (tertiary/aromatic N) is 3. The Bertz CT molecular complexity index is 2180. The second kappa shape index (κ2) is 13.2. The molecule has 6 aromatic rings. The molecule has 0 unspecified atom stereocenters. The molecule has 1 amide bonds. The molecule has 0 fully saturated rings. The highest BCUT2D eigenvalue weighted by molar-refractivity contribution is 9.10. The van der Waals surface area contributed by atoms with Gasteiger partial charge >= 0.3 is 0 Å². The number of methoxy groups -OCH3 is 1. The molecule has 0 spiro atoms. The van der Waals surface area contributed by atoms with Crippen LogP contribution in [-0.4, -0.2) is 42.1 Å². The van der Waals surface area contributed by atoms with E-state index in [1.54, 1.807) is 61.7 Å². The summed E-state index contributed by atoms with van der Waals surface area (Å²) < 4.78 is 38.3. The SMILES string of the molecule is CCOc1cc(C=Nn2c(-c3cc4c(OC)cccc4o3)nc3ccccc3c2=O)cc(Br)c1OCC(=O)Nc1cccc(F)c1. The van der Waals surface area contributed by atoms with Crippen molar-refractivity contribution in [3.05, 3.63) is 111 Å². The van der Waals surface area contributed by atoms with Crippen LogP contribution in [0, 0.1) is 5.82 Å². The molecule has 6 rings (SSSR count).